The van der Waals surface area contributed by atoms with Crippen LogP contribution in [0.2, 0.25) is 0 Å². The molecule has 0 aromatic heterocycles. The molecular weight excluding hydrogens is 306 g/mol. The molecule has 6 heteroatoms. The van der Waals surface area contributed by atoms with Crippen LogP contribution in [0, 0.1) is 0 Å². The number of phenolic OH excluding ortho intramolecular Hbond substituents is 1. The van der Waals surface area contributed by atoms with Gasteiger partial charge in [-0.25, -0.2) is 0 Å². The maximum atomic E-state index is 10.5. The third-order valence-electron chi connectivity index (χ3n) is 5.08. The Hall–Kier alpha value is -1.27. The first-order valence-electron chi connectivity index (χ1n) is 7.30. The van der Waals surface area contributed by atoms with Crippen molar-refractivity contribution >= 4 is 12.4 Å². The van der Waals surface area contributed by atoms with E-state index in [-0.39, 0.29) is 30.1 Å². The predicted molar refractivity (Wildman–Crippen MR) is 83.6 cm³/mol. The van der Waals surface area contributed by atoms with Crippen molar-refractivity contribution in [2.45, 2.75) is 37.1 Å². The molecule has 0 radical (unpaired) electrons. The van der Waals surface area contributed by atoms with Crippen molar-refractivity contribution in [1.29, 1.82) is 0 Å². The maximum absolute atomic E-state index is 10.5. The van der Waals surface area contributed by atoms with E-state index >= 15 is 0 Å². The van der Waals surface area contributed by atoms with Crippen LogP contribution in [-0.2, 0) is 6.54 Å². The van der Waals surface area contributed by atoms with Gasteiger partial charge in [-0.2, -0.15) is 0 Å². The Morgan fingerprint density at radius 2 is 2.05 bits per heavy atom. The molecule has 1 saturated heterocycles. The summed E-state index contributed by atoms with van der Waals surface area (Å²) < 4.78 is 5.18. The van der Waals surface area contributed by atoms with Gasteiger partial charge in [0.1, 0.15) is 0 Å². The van der Waals surface area contributed by atoms with E-state index in [2.05, 4.69) is 4.90 Å². The summed E-state index contributed by atoms with van der Waals surface area (Å²) in [5.74, 6) is 0.344. The van der Waals surface area contributed by atoms with Crippen molar-refractivity contribution in [3.05, 3.63) is 34.9 Å². The van der Waals surface area contributed by atoms with Crippen LogP contribution in [0.4, 0.5) is 0 Å². The number of hydrogen-bond acceptors (Lipinski definition) is 5. The van der Waals surface area contributed by atoms with Gasteiger partial charge in [-0.05, 0) is 29.7 Å². The van der Waals surface area contributed by atoms with Crippen LogP contribution in [0.3, 0.4) is 0 Å². The molecule has 4 rings (SSSR count). The third kappa shape index (κ3) is 2.04. The zero-order chi connectivity index (χ0) is 14.7. The average Bonchev–Trinajstić information content (AvgIpc) is 2.86. The van der Waals surface area contributed by atoms with Gasteiger partial charge in [0.2, 0.25) is 0 Å². The number of nitrogens with zero attached hydrogens (tertiary/aromatic N) is 1. The Bertz CT molecular complexity index is 633. The SMILES string of the molecule is COc1cc2c(cc1O)[C@@H]1[C@H](O)[C@@H](O)C=C3CCN(C2)[C@H]31.Cl. The molecule has 4 atom stereocenters. The van der Waals surface area contributed by atoms with E-state index in [0.29, 0.717) is 5.75 Å². The summed E-state index contributed by atoms with van der Waals surface area (Å²) in [7, 11) is 1.53. The average molecular weight is 326 g/mol. The lowest BCUT2D eigenvalue weighted by Gasteiger charge is -2.44. The number of aliphatic hydroxyl groups is 2. The zero-order valence-electron chi connectivity index (χ0n) is 12.3. The van der Waals surface area contributed by atoms with Crippen molar-refractivity contribution in [1.82, 2.24) is 4.90 Å². The summed E-state index contributed by atoms with van der Waals surface area (Å²) in [6.07, 6.45) is 1.06. The summed E-state index contributed by atoms with van der Waals surface area (Å²) in [5.41, 5.74) is 3.19. The molecule has 5 nitrogen and oxygen atoms in total. The van der Waals surface area contributed by atoms with Gasteiger partial charge in [0.25, 0.3) is 0 Å². The van der Waals surface area contributed by atoms with E-state index in [0.717, 1.165) is 30.6 Å². The number of methoxy groups -OCH3 is 1. The Morgan fingerprint density at radius 3 is 2.77 bits per heavy atom. The van der Waals surface area contributed by atoms with Gasteiger partial charge >= 0.3 is 0 Å². The van der Waals surface area contributed by atoms with E-state index in [1.807, 2.05) is 6.07 Å². The molecule has 0 bridgehead atoms. The molecule has 2 aliphatic heterocycles. The fourth-order valence-electron chi connectivity index (χ4n) is 4.14. The number of ether oxygens (including phenoxy) is 1. The molecule has 3 N–H and O–H groups in total. The standard InChI is InChI=1S/C16H19NO4.ClH/c1-21-13-5-9-7-17-3-2-8-4-12(19)16(20)14(15(8)17)10(9)6-11(13)18;/h4-6,12,14-16,18-20H,2-3,7H2,1H3;1H/t12-,14-,15+,16+;/m0./s1. The van der Waals surface area contributed by atoms with Crippen molar-refractivity contribution in [3.8, 4) is 11.5 Å². The van der Waals surface area contributed by atoms with Crippen molar-refractivity contribution in [2.24, 2.45) is 0 Å². The highest BCUT2D eigenvalue weighted by molar-refractivity contribution is 5.85. The smallest absolute Gasteiger partial charge is 0.160 e. The fraction of sp³-hybridized carbons (Fsp3) is 0.500. The van der Waals surface area contributed by atoms with Crippen LogP contribution in [0.15, 0.2) is 23.8 Å². The molecular formula is C16H20ClNO4. The van der Waals surface area contributed by atoms with E-state index in [1.165, 1.54) is 12.7 Å². The Labute approximate surface area is 135 Å². The summed E-state index contributed by atoms with van der Waals surface area (Å²) >= 11 is 0. The highest BCUT2D eigenvalue weighted by atomic mass is 35.5. The molecule has 0 spiro atoms. The largest absolute Gasteiger partial charge is 0.504 e. The van der Waals surface area contributed by atoms with E-state index in [9.17, 15) is 15.3 Å². The highest BCUT2D eigenvalue weighted by Gasteiger charge is 2.48. The quantitative estimate of drug-likeness (QED) is 0.676. The molecule has 0 unspecified atom stereocenters. The van der Waals surface area contributed by atoms with Crippen molar-refractivity contribution in [3.63, 3.8) is 0 Å². The van der Waals surface area contributed by atoms with Gasteiger partial charge in [0, 0.05) is 25.0 Å². The summed E-state index contributed by atoms with van der Waals surface area (Å²) in [6.45, 7) is 1.72. The minimum absolute atomic E-state index is 0. The lowest BCUT2D eigenvalue weighted by atomic mass is 9.73. The number of aromatic hydroxyl groups is 1. The number of halogens is 1. The highest BCUT2D eigenvalue weighted by Crippen LogP contribution is 2.48. The lowest BCUT2D eigenvalue weighted by molar-refractivity contribution is -0.00162. The predicted octanol–water partition coefficient (Wildman–Crippen LogP) is 1.16. The molecule has 120 valence electrons. The van der Waals surface area contributed by atoms with Gasteiger partial charge in [0.05, 0.1) is 19.3 Å². The van der Waals surface area contributed by atoms with Crippen LogP contribution in [0.25, 0.3) is 0 Å². The van der Waals surface area contributed by atoms with Gasteiger partial charge in [-0.15, -0.1) is 12.4 Å². The second kappa shape index (κ2) is 5.42. The monoisotopic (exact) mass is 325 g/mol. The summed E-state index contributed by atoms with van der Waals surface area (Å²) in [4.78, 5) is 2.34. The number of hydrogen-bond donors (Lipinski definition) is 3. The molecule has 3 aliphatic rings. The Balaban J connectivity index is 0.00000144. The number of phenols is 1. The van der Waals surface area contributed by atoms with Gasteiger partial charge in [0.15, 0.2) is 11.5 Å². The van der Waals surface area contributed by atoms with Crippen molar-refractivity contribution in [2.75, 3.05) is 13.7 Å². The van der Waals surface area contributed by atoms with Crippen LogP contribution in [-0.4, -0.2) is 52.1 Å². The minimum Gasteiger partial charge on any atom is -0.504 e. The number of aliphatic hydroxyl groups excluding tert-OH is 2. The molecule has 1 aromatic carbocycles. The lowest BCUT2D eigenvalue weighted by Crippen LogP contribution is -2.49. The second-order valence-corrected chi connectivity index (χ2v) is 6.14. The molecule has 1 aliphatic carbocycles. The van der Waals surface area contributed by atoms with Crippen LogP contribution >= 0.6 is 12.4 Å². The topological polar surface area (TPSA) is 73.2 Å². The first-order valence-corrected chi connectivity index (χ1v) is 7.30. The number of fused-ring (bicyclic) bond motifs is 2. The molecule has 0 amide bonds. The van der Waals surface area contributed by atoms with Gasteiger partial charge in [-0.3, -0.25) is 4.90 Å². The maximum Gasteiger partial charge on any atom is 0.160 e. The van der Waals surface area contributed by atoms with Crippen LogP contribution in [0.5, 0.6) is 11.5 Å². The van der Waals surface area contributed by atoms with Crippen LogP contribution in [0.1, 0.15) is 23.5 Å². The summed E-state index contributed by atoms with van der Waals surface area (Å²) in [5, 5.41) is 30.6. The normalized spacial score (nSPS) is 32.6. The molecule has 1 aromatic rings. The molecule has 22 heavy (non-hydrogen) atoms. The Kier molecular flexibility index (Phi) is 3.85. The van der Waals surface area contributed by atoms with Crippen LogP contribution < -0.4 is 4.74 Å². The first kappa shape index (κ1) is 15.6. The zero-order valence-corrected chi connectivity index (χ0v) is 13.1. The molecule has 1 fully saturated rings. The minimum atomic E-state index is -0.841. The first-order chi connectivity index (χ1) is 10.1. The van der Waals surface area contributed by atoms with E-state index in [4.69, 9.17) is 4.74 Å². The molecule has 0 saturated carbocycles. The fourth-order valence-corrected chi connectivity index (χ4v) is 4.14. The molecule has 2 heterocycles. The summed E-state index contributed by atoms with van der Waals surface area (Å²) in [6, 6.07) is 3.67. The Morgan fingerprint density at radius 1 is 1.27 bits per heavy atom. The number of benzene rings is 1. The van der Waals surface area contributed by atoms with Gasteiger partial charge in [-0.1, -0.05) is 11.6 Å². The van der Waals surface area contributed by atoms with Gasteiger partial charge < -0.3 is 20.1 Å². The van der Waals surface area contributed by atoms with Crippen molar-refractivity contribution < 1.29 is 20.1 Å². The number of rotatable bonds is 1. The second-order valence-electron chi connectivity index (χ2n) is 6.14. The third-order valence-corrected chi connectivity index (χ3v) is 5.08. The van der Waals surface area contributed by atoms with E-state index in [1.54, 1.807) is 12.1 Å². The van der Waals surface area contributed by atoms with E-state index < -0.39 is 12.2 Å².